The minimum absolute atomic E-state index is 0.00701. The van der Waals surface area contributed by atoms with Gasteiger partial charge in [0, 0.05) is 11.9 Å². The molecular formula is C27H25ClFN5O4S. The zero-order chi connectivity index (χ0) is 28.0. The molecule has 12 heteroatoms. The highest BCUT2D eigenvalue weighted by Gasteiger charge is 2.22. The van der Waals surface area contributed by atoms with Crippen LogP contribution < -0.4 is 20.7 Å². The number of nitrogens with one attached hydrogen (secondary N) is 3. The second kappa shape index (κ2) is 12.1. The molecule has 4 rings (SSSR count). The number of sulfone groups is 1. The van der Waals surface area contributed by atoms with Crippen molar-refractivity contribution < 1.29 is 22.3 Å². The van der Waals surface area contributed by atoms with E-state index in [1.54, 1.807) is 56.5 Å². The molecule has 0 aliphatic heterocycles. The molecule has 3 aromatic carbocycles. The van der Waals surface area contributed by atoms with Crippen molar-refractivity contribution >= 4 is 56.2 Å². The van der Waals surface area contributed by atoms with Gasteiger partial charge in [0.05, 0.1) is 34.2 Å². The quantitative estimate of drug-likeness (QED) is 0.206. The monoisotopic (exact) mass is 569 g/mol. The first-order valence-electron chi connectivity index (χ1n) is 11.8. The lowest BCUT2D eigenvalue weighted by atomic mass is 10.2. The van der Waals surface area contributed by atoms with Gasteiger partial charge < -0.3 is 20.7 Å². The Hall–Kier alpha value is -4.22. The van der Waals surface area contributed by atoms with E-state index in [0.717, 1.165) is 6.07 Å². The van der Waals surface area contributed by atoms with Gasteiger partial charge in [-0.15, -0.1) is 0 Å². The van der Waals surface area contributed by atoms with Crippen LogP contribution in [0.5, 0.6) is 5.75 Å². The highest BCUT2D eigenvalue weighted by atomic mass is 35.5. The smallest absolute Gasteiger partial charge is 0.261 e. The van der Waals surface area contributed by atoms with Gasteiger partial charge in [0.25, 0.3) is 5.91 Å². The Morgan fingerprint density at radius 2 is 1.77 bits per heavy atom. The zero-order valence-electron chi connectivity index (χ0n) is 21.0. The van der Waals surface area contributed by atoms with E-state index in [0.29, 0.717) is 17.9 Å². The first-order valence-corrected chi connectivity index (χ1v) is 13.9. The second-order valence-corrected chi connectivity index (χ2v) is 10.8. The van der Waals surface area contributed by atoms with Crippen molar-refractivity contribution in [1.29, 1.82) is 0 Å². The van der Waals surface area contributed by atoms with Crippen LogP contribution in [0.4, 0.5) is 33.2 Å². The fourth-order valence-corrected chi connectivity index (χ4v) is 5.36. The zero-order valence-corrected chi connectivity index (χ0v) is 22.6. The molecule has 0 bridgehead atoms. The Bertz CT molecular complexity index is 1580. The van der Waals surface area contributed by atoms with Gasteiger partial charge in [0.1, 0.15) is 22.9 Å². The number of methoxy groups -OCH3 is 1. The van der Waals surface area contributed by atoms with E-state index in [1.165, 1.54) is 24.4 Å². The summed E-state index contributed by atoms with van der Waals surface area (Å²) in [5.74, 6) is -0.761. The molecule has 202 valence electrons. The maximum Gasteiger partial charge on any atom is 0.261 e. The number of nitrogens with zero attached hydrogens (tertiary/aromatic N) is 2. The molecule has 1 aromatic heterocycles. The van der Waals surface area contributed by atoms with Crippen LogP contribution in [-0.4, -0.2) is 37.2 Å². The molecule has 0 aliphatic carbocycles. The Kier molecular flexibility index (Phi) is 8.62. The molecule has 0 spiro atoms. The van der Waals surface area contributed by atoms with Crippen molar-refractivity contribution in [3.8, 4) is 5.75 Å². The Morgan fingerprint density at radius 3 is 2.46 bits per heavy atom. The molecule has 1 amide bonds. The van der Waals surface area contributed by atoms with Crippen LogP contribution >= 0.6 is 11.6 Å². The lowest BCUT2D eigenvalue weighted by molar-refractivity contribution is 0.102. The van der Waals surface area contributed by atoms with Gasteiger partial charge in [-0.05, 0) is 55.0 Å². The number of carbonyl (C=O) groups excluding carboxylic acids is 1. The number of ether oxygens (including phenoxy) is 1. The van der Waals surface area contributed by atoms with E-state index in [-0.39, 0.29) is 44.4 Å². The van der Waals surface area contributed by atoms with Gasteiger partial charge in [-0.2, -0.15) is 4.98 Å². The van der Waals surface area contributed by atoms with Crippen molar-refractivity contribution in [1.82, 2.24) is 9.97 Å². The topological polar surface area (TPSA) is 122 Å². The van der Waals surface area contributed by atoms with E-state index in [9.17, 15) is 17.6 Å². The highest BCUT2D eigenvalue weighted by Crippen LogP contribution is 2.30. The fourth-order valence-electron chi connectivity index (χ4n) is 3.65. The molecule has 0 radical (unpaired) electrons. The number of benzene rings is 3. The molecule has 1 heterocycles. The number of hydrogen-bond donors (Lipinski definition) is 3. The van der Waals surface area contributed by atoms with Crippen molar-refractivity contribution in [2.45, 2.75) is 18.2 Å². The van der Waals surface area contributed by atoms with E-state index < -0.39 is 21.6 Å². The van der Waals surface area contributed by atoms with Crippen LogP contribution in [-0.2, 0) is 9.84 Å². The van der Waals surface area contributed by atoms with Crippen LogP contribution in [0.1, 0.15) is 23.7 Å². The van der Waals surface area contributed by atoms with Crippen LogP contribution in [0, 0.1) is 5.82 Å². The summed E-state index contributed by atoms with van der Waals surface area (Å²) in [5, 5.41) is 8.46. The fraction of sp³-hybridized carbons (Fsp3) is 0.148. The highest BCUT2D eigenvalue weighted by molar-refractivity contribution is 7.91. The SMILES string of the molecule is CCCS(=O)(=O)c1ccccc1Nc1nc(Nc2ccc(OC)cc2)ncc1C(=O)Nc1c(F)cccc1Cl. The van der Waals surface area contributed by atoms with Crippen LogP contribution in [0.2, 0.25) is 5.02 Å². The molecule has 0 aliphatic rings. The second-order valence-electron chi connectivity index (χ2n) is 8.30. The minimum atomic E-state index is -3.62. The molecule has 9 nitrogen and oxygen atoms in total. The third-order valence-electron chi connectivity index (χ3n) is 5.53. The van der Waals surface area contributed by atoms with Gasteiger partial charge in [0.15, 0.2) is 9.84 Å². The summed E-state index contributed by atoms with van der Waals surface area (Å²) in [7, 11) is -2.06. The van der Waals surface area contributed by atoms with Crippen molar-refractivity contribution in [3.05, 3.63) is 89.3 Å². The number of hydrogen-bond acceptors (Lipinski definition) is 8. The lowest BCUT2D eigenvalue weighted by Gasteiger charge is -2.16. The molecular weight excluding hydrogens is 545 g/mol. The number of halogens is 2. The standard InChI is InChI=1S/C27H25ClFN5O4S/c1-3-15-39(36,37)23-10-5-4-9-22(23)32-25-19(26(35)33-24-20(28)7-6-8-21(24)29)16-30-27(34-25)31-17-11-13-18(38-2)14-12-17/h4-14,16H,3,15H2,1-2H3,(H,33,35)(H2,30,31,32,34). The number of rotatable bonds is 10. The maximum atomic E-state index is 14.4. The number of aromatic nitrogens is 2. The molecule has 39 heavy (non-hydrogen) atoms. The number of para-hydroxylation sites is 2. The van der Waals surface area contributed by atoms with Crippen molar-refractivity contribution in [2.75, 3.05) is 28.8 Å². The summed E-state index contributed by atoms with van der Waals surface area (Å²) in [6.45, 7) is 1.77. The van der Waals surface area contributed by atoms with Crippen LogP contribution in [0.25, 0.3) is 0 Å². The molecule has 3 N–H and O–H groups in total. The molecule has 0 fully saturated rings. The maximum absolute atomic E-state index is 14.4. The largest absolute Gasteiger partial charge is 0.497 e. The van der Waals surface area contributed by atoms with Crippen LogP contribution in [0.15, 0.2) is 77.8 Å². The molecule has 4 aromatic rings. The van der Waals surface area contributed by atoms with Gasteiger partial charge >= 0.3 is 0 Å². The van der Waals surface area contributed by atoms with Crippen molar-refractivity contribution in [2.24, 2.45) is 0 Å². The minimum Gasteiger partial charge on any atom is -0.497 e. The molecule has 0 atom stereocenters. The summed E-state index contributed by atoms with van der Waals surface area (Å²) in [4.78, 5) is 22.0. The summed E-state index contributed by atoms with van der Waals surface area (Å²) in [6, 6.07) is 17.3. The Balaban J connectivity index is 1.74. The average Bonchev–Trinajstić information content (AvgIpc) is 2.91. The normalized spacial score (nSPS) is 11.1. The van der Waals surface area contributed by atoms with E-state index >= 15 is 0 Å². The van der Waals surface area contributed by atoms with Crippen molar-refractivity contribution in [3.63, 3.8) is 0 Å². The number of anilines is 5. The molecule has 0 saturated heterocycles. The Labute approximate surface area is 230 Å². The third-order valence-corrected chi connectivity index (χ3v) is 7.82. The van der Waals surface area contributed by atoms with Gasteiger partial charge in [-0.3, -0.25) is 4.79 Å². The van der Waals surface area contributed by atoms with E-state index in [4.69, 9.17) is 16.3 Å². The third kappa shape index (κ3) is 6.62. The number of amides is 1. The summed E-state index contributed by atoms with van der Waals surface area (Å²) >= 11 is 6.08. The summed E-state index contributed by atoms with van der Waals surface area (Å²) < 4.78 is 45.3. The average molecular weight is 570 g/mol. The number of carbonyl (C=O) groups is 1. The molecule has 0 saturated carbocycles. The Morgan fingerprint density at radius 1 is 1.03 bits per heavy atom. The first-order chi connectivity index (χ1) is 18.7. The van der Waals surface area contributed by atoms with E-state index in [1.807, 2.05) is 0 Å². The lowest BCUT2D eigenvalue weighted by Crippen LogP contribution is -2.18. The van der Waals surface area contributed by atoms with E-state index in [2.05, 4.69) is 25.9 Å². The van der Waals surface area contributed by atoms with Crippen LogP contribution in [0.3, 0.4) is 0 Å². The predicted octanol–water partition coefficient (Wildman–Crippen LogP) is 6.20. The predicted molar refractivity (Wildman–Crippen MR) is 150 cm³/mol. The summed E-state index contributed by atoms with van der Waals surface area (Å²) in [5.41, 5.74) is 0.583. The van der Waals surface area contributed by atoms with Gasteiger partial charge in [-0.25, -0.2) is 17.8 Å². The van der Waals surface area contributed by atoms with Gasteiger partial charge in [-0.1, -0.05) is 36.7 Å². The molecule has 0 unspecified atom stereocenters. The summed E-state index contributed by atoms with van der Waals surface area (Å²) in [6.07, 6.45) is 1.67. The van der Waals surface area contributed by atoms with Gasteiger partial charge in [0.2, 0.25) is 5.95 Å². The first kappa shape index (κ1) is 27.8.